The summed E-state index contributed by atoms with van der Waals surface area (Å²) in [6, 6.07) is -0.594. The van der Waals surface area contributed by atoms with Crippen LogP contribution in [-0.2, 0) is 9.59 Å². The first-order valence-electron chi connectivity index (χ1n) is 14.2. The first kappa shape index (κ1) is 31.8. The summed E-state index contributed by atoms with van der Waals surface area (Å²) in [6.07, 6.45) is 24.5. The van der Waals surface area contributed by atoms with E-state index in [4.69, 9.17) is 5.73 Å². The van der Waals surface area contributed by atoms with Gasteiger partial charge in [-0.25, -0.2) is 0 Å². The monoisotopic (exact) mass is 464 g/mol. The van der Waals surface area contributed by atoms with Crippen LogP contribution in [0.1, 0.15) is 143 Å². The predicted octanol–water partition coefficient (Wildman–Crippen LogP) is 7.94. The number of rotatable bonds is 23. The van der Waals surface area contributed by atoms with Gasteiger partial charge in [-0.2, -0.15) is 0 Å². The molecule has 0 aromatic heterocycles. The molecule has 0 radical (unpaired) electrons. The standard InChI is InChI=1S/C29H56N2O2/c1-5-8-10-11-12-13-14-15-16-17-18-19-20-21-22-23-25-31(27(32)24-9-6-2)29(33)28(30)26(4)7-3/h6,26,28H,2,5,7-25,30H2,1,3-4H3/t26-,28-/m0/s1. The van der Waals surface area contributed by atoms with Crippen LogP contribution in [0.2, 0.25) is 0 Å². The van der Waals surface area contributed by atoms with Crippen molar-refractivity contribution in [3.05, 3.63) is 12.7 Å². The molecule has 2 amide bonds. The Kier molecular flexibility index (Phi) is 21.8. The third-order valence-corrected chi connectivity index (χ3v) is 6.91. The normalized spacial score (nSPS) is 13.0. The molecule has 2 atom stereocenters. The van der Waals surface area contributed by atoms with Crippen LogP contribution in [0.3, 0.4) is 0 Å². The highest BCUT2D eigenvalue weighted by atomic mass is 16.2. The lowest BCUT2D eigenvalue weighted by Gasteiger charge is -2.26. The van der Waals surface area contributed by atoms with Crippen LogP contribution in [0.5, 0.6) is 0 Å². The summed E-state index contributed by atoms with van der Waals surface area (Å²) in [7, 11) is 0. The van der Waals surface area contributed by atoms with E-state index in [1.165, 1.54) is 94.8 Å². The summed E-state index contributed by atoms with van der Waals surface area (Å²) >= 11 is 0. The molecule has 194 valence electrons. The molecular weight excluding hydrogens is 408 g/mol. The van der Waals surface area contributed by atoms with Gasteiger partial charge >= 0.3 is 0 Å². The number of allylic oxidation sites excluding steroid dienone is 1. The molecule has 4 nitrogen and oxygen atoms in total. The van der Waals surface area contributed by atoms with E-state index in [9.17, 15) is 9.59 Å². The van der Waals surface area contributed by atoms with Crippen molar-refractivity contribution in [3.8, 4) is 0 Å². The molecule has 0 saturated heterocycles. The van der Waals surface area contributed by atoms with Gasteiger partial charge in [0, 0.05) is 13.0 Å². The van der Waals surface area contributed by atoms with E-state index in [0.29, 0.717) is 19.4 Å². The Labute approximate surface area is 206 Å². The van der Waals surface area contributed by atoms with Gasteiger partial charge in [-0.3, -0.25) is 14.5 Å². The van der Waals surface area contributed by atoms with Crippen LogP contribution < -0.4 is 5.73 Å². The second kappa shape index (κ2) is 22.6. The van der Waals surface area contributed by atoms with Crippen molar-refractivity contribution < 1.29 is 9.59 Å². The molecule has 0 aliphatic carbocycles. The first-order chi connectivity index (χ1) is 16.0. The Morgan fingerprint density at radius 3 is 1.61 bits per heavy atom. The van der Waals surface area contributed by atoms with Crippen LogP contribution >= 0.6 is 0 Å². The maximum absolute atomic E-state index is 12.8. The van der Waals surface area contributed by atoms with Crippen LogP contribution in [0.4, 0.5) is 0 Å². The summed E-state index contributed by atoms with van der Waals surface area (Å²) in [5.41, 5.74) is 6.14. The van der Waals surface area contributed by atoms with Gasteiger partial charge < -0.3 is 5.73 Å². The zero-order chi connectivity index (χ0) is 24.7. The van der Waals surface area contributed by atoms with Gasteiger partial charge in [0.25, 0.3) is 0 Å². The van der Waals surface area contributed by atoms with Gasteiger partial charge in [-0.05, 0) is 18.8 Å². The molecule has 0 fully saturated rings. The average molecular weight is 465 g/mol. The molecule has 2 N–H and O–H groups in total. The SMILES string of the molecule is C=CCCC(=O)N(CCCCCCCCCCCCCCCCCC)C(=O)[C@@H](N)[C@@H](C)CC. The van der Waals surface area contributed by atoms with Crippen LogP contribution in [0, 0.1) is 5.92 Å². The fraction of sp³-hybridized carbons (Fsp3) is 0.862. The number of unbranched alkanes of at least 4 members (excludes halogenated alkanes) is 15. The van der Waals surface area contributed by atoms with Gasteiger partial charge in [-0.15, -0.1) is 6.58 Å². The van der Waals surface area contributed by atoms with E-state index in [-0.39, 0.29) is 17.7 Å². The second-order valence-electron chi connectivity index (χ2n) is 9.93. The molecule has 4 heteroatoms. The molecule has 0 aromatic carbocycles. The maximum atomic E-state index is 12.8. The van der Waals surface area contributed by atoms with Crippen LogP contribution in [-0.4, -0.2) is 29.3 Å². The lowest BCUT2D eigenvalue weighted by atomic mass is 9.98. The lowest BCUT2D eigenvalue weighted by Crippen LogP contribution is -2.49. The molecular formula is C29H56N2O2. The van der Waals surface area contributed by atoms with Crippen molar-refractivity contribution in [2.24, 2.45) is 11.7 Å². The number of amides is 2. The van der Waals surface area contributed by atoms with Crippen molar-refractivity contribution in [3.63, 3.8) is 0 Å². The van der Waals surface area contributed by atoms with Crippen molar-refractivity contribution in [2.45, 2.75) is 149 Å². The molecule has 0 saturated carbocycles. The van der Waals surface area contributed by atoms with E-state index in [0.717, 1.165) is 19.3 Å². The highest BCUT2D eigenvalue weighted by Gasteiger charge is 2.28. The van der Waals surface area contributed by atoms with Gasteiger partial charge in [-0.1, -0.05) is 130 Å². The topological polar surface area (TPSA) is 63.4 Å². The minimum absolute atomic E-state index is 0.0815. The lowest BCUT2D eigenvalue weighted by molar-refractivity contribution is -0.146. The number of carbonyl (C=O) groups is 2. The largest absolute Gasteiger partial charge is 0.320 e. The third-order valence-electron chi connectivity index (χ3n) is 6.91. The Balaban J connectivity index is 3.90. The minimum Gasteiger partial charge on any atom is -0.320 e. The van der Waals surface area contributed by atoms with E-state index in [1.807, 2.05) is 13.8 Å². The molecule has 0 rings (SSSR count). The summed E-state index contributed by atoms with van der Waals surface area (Å²) in [5.74, 6) is -0.239. The van der Waals surface area contributed by atoms with Gasteiger partial charge in [0.15, 0.2) is 0 Å². The van der Waals surface area contributed by atoms with Crippen molar-refractivity contribution in [1.82, 2.24) is 4.90 Å². The second-order valence-corrected chi connectivity index (χ2v) is 9.93. The fourth-order valence-electron chi connectivity index (χ4n) is 4.21. The van der Waals surface area contributed by atoms with Crippen molar-refractivity contribution >= 4 is 11.8 Å². The zero-order valence-electron chi connectivity index (χ0n) is 22.4. The number of nitrogens with two attached hydrogens (primary N) is 1. The molecule has 0 aliphatic rings. The van der Waals surface area contributed by atoms with E-state index >= 15 is 0 Å². The Morgan fingerprint density at radius 2 is 1.21 bits per heavy atom. The maximum Gasteiger partial charge on any atom is 0.246 e. The van der Waals surface area contributed by atoms with Crippen molar-refractivity contribution in [1.29, 1.82) is 0 Å². The molecule has 0 bridgehead atoms. The zero-order valence-corrected chi connectivity index (χ0v) is 22.4. The number of carbonyl (C=O) groups excluding carboxylic acids is 2. The van der Waals surface area contributed by atoms with Crippen LogP contribution in [0.15, 0.2) is 12.7 Å². The summed E-state index contributed by atoms with van der Waals surface area (Å²) in [5, 5.41) is 0. The Morgan fingerprint density at radius 1 is 0.788 bits per heavy atom. The average Bonchev–Trinajstić information content (AvgIpc) is 2.83. The molecule has 0 aromatic rings. The van der Waals surface area contributed by atoms with Gasteiger partial charge in [0.05, 0.1) is 6.04 Å². The number of nitrogens with zero attached hydrogens (tertiary/aromatic N) is 1. The number of hydrogen-bond acceptors (Lipinski definition) is 3. The third kappa shape index (κ3) is 17.0. The highest BCUT2D eigenvalue weighted by molar-refractivity contribution is 5.97. The molecule has 0 spiro atoms. The van der Waals surface area contributed by atoms with Crippen molar-refractivity contribution in [2.75, 3.05) is 6.54 Å². The smallest absolute Gasteiger partial charge is 0.246 e. The minimum atomic E-state index is -0.594. The Hall–Kier alpha value is -1.16. The number of imide groups is 1. The Bertz CT molecular complexity index is 492. The summed E-state index contributed by atoms with van der Waals surface area (Å²) in [4.78, 5) is 26.8. The van der Waals surface area contributed by atoms with E-state index in [2.05, 4.69) is 13.5 Å². The van der Waals surface area contributed by atoms with E-state index < -0.39 is 6.04 Å². The van der Waals surface area contributed by atoms with Gasteiger partial charge in [0.1, 0.15) is 0 Å². The van der Waals surface area contributed by atoms with E-state index in [1.54, 1.807) is 6.08 Å². The predicted molar refractivity (Wildman–Crippen MR) is 143 cm³/mol. The highest BCUT2D eigenvalue weighted by Crippen LogP contribution is 2.15. The summed E-state index contributed by atoms with van der Waals surface area (Å²) in [6.45, 7) is 10.5. The quantitative estimate of drug-likeness (QED) is 0.123. The number of hydrogen-bond donors (Lipinski definition) is 1. The van der Waals surface area contributed by atoms with Crippen LogP contribution in [0.25, 0.3) is 0 Å². The summed E-state index contributed by atoms with van der Waals surface area (Å²) < 4.78 is 0. The fourth-order valence-corrected chi connectivity index (χ4v) is 4.21. The molecule has 0 heterocycles. The molecule has 0 unspecified atom stereocenters. The molecule has 33 heavy (non-hydrogen) atoms. The first-order valence-corrected chi connectivity index (χ1v) is 14.2. The molecule has 0 aliphatic heterocycles. The van der Waals surface area contributed by atoms with Gasteiger partial charge in [0.2, 0.25) is 11.8 Å².